The van der Waals surface area contributed by atoms with Gasteiger partial charge in [-0.25, -0.2) is 10.2 Å². The van der Waals surface area contributed by atoms with Crippen LogP contribution in [-0.2, 0) is 23.8 Å². The van der Waals surface area contributed by atoms with Crippen molar-refractivity contribution in [1.82, 2.24) is 15.3 Å². The SMILES string of the molecule is Cn1nc(C(F)(F)F)c(CSC2CNOC2(C)C)c1O. The monoisotopic (exact) mass is 311 g/mol. The van der Waals surface area contributed by atoms with Crippen LogP contribution in [0.2, 0.25) is 0 Å². The molecule has 1 aliphatic heterocycles. The number of alkyl halides is 3. The molecule has 0 bridgehead atoms. The summed E-state index contributed by atoms with van der Waals surface area (Å²) in [4.78, 5) is 5.30. The highest BCUT2D eigenvalue weighted by molar-refractivity contribution is 7.99. The zero-order valence-corrected chi connectivity index (χ0v) is 12.1. The molecule has 9 heteroatoms. The number of hydroxylamine groups is 1. The van der Waals surface area contributed by atoms with Crippen molar-refractivity contribution < 1.29 is 23.1 Å². The minimum absolute atomic E-state index is 0.0109. The van der Waals surface area contributed by atoms with E-state index in [1.165, 1.54) is 18.8 Å². The third-order valence-corrected chi connectivity index (χ3v) is 4.78. The van der Waals surface area contributed by atoms with E-state index in [1.807, 2.05) is 13.8 Å². The molecular formula is C11H16F3N3O2S. The van der Waals surface area contributed by atoms with Crippen molar-refractivity contribution in [3.63, 3.8) is 0 Å². The Kier molecular flexibility index (Phi) is 3.96. The molecule has 1 atom stereocenters. The molecule has 114 valence electrons. The number of rotatable bonds is 3. The Morgan fingerprint density at radius 1 is 1.55 bits per heavy atom. The number of aromatic hydroxyl groups is 1. The van der Waals surface area contributed by atoms with Crippen molar-refractivity contribution in [2.24, 2.45) is 7.05 Å². The molecule has 1 aliphatic rings. The highest BCUT2D eigenvalue weighted by Gasteiger charge is 2.41. The Hall–Kier alpha value is -0.930. The van der Waals surface area contributed by atoms with Crippen molar-refractivity contribution in [1.29, 1.82) is 0 Å². The van der Waals surface area contributed by atoms with Gasteiger partial charge >= 0.3 is 6.18 Å². The summed E-state index contributed by atoms with van der Waals surface area (Å²) in [6.07, 6.45) is -4.57. The van der Waals surface area contributed by atoms with Crippen molar-refractivity contribution in [2.75, 3.05) is 6.54 Å². The molecule has 2 rings (SSSR count). The number of nitrogens with one attached hydrogen (secondary N) is 1. The predicted molar refractivity (Wildman–Crippen MR) is 68.1 cm³/mol. The first-order chi connectivity index (χ1) is 9.13. The summed E-state index contributed by atoms with van der Waals surface area (Å²) in [5, 5.41) is 13.1. The smallest absolute Gasteiger partial charge is 0.435 e. The van der Waals surface area contributed by atoms with E-state index in [1.54, 1.807) is 0 Å². The second-order valence-electron chi connectivity index (χ2n) is 5.13. The summed E-state index contributed by atoms with van der Waals surface area (Å²) >= 11 is 1.30. The molecule has 0 amide bonds. The normalized spacial score (nSPS) is 22.4. The fraction of sp³-hybridized carbons (Fsp3) is 0.727. The van der Waals surface area contributed by atoms with Gasteiger partial charge in [-0.15, -0.1) is 11.8 Å². The Morgan fingerprint density at radius 3 is 2.70 bits per heavy atom. The fourth-order valence-corrected chi connectivity index (χ4v) is 3.25. The highest BCUT2D eigenvalue weighted by Crippen LogP contribution is 2.39. The number of nitrogens with zero attached hydrogens (tertiary/aromatic N) is 2. The van der Waals surface area contributed by atoms with E-state index in [0.717, 1.165) is 4.68 Å². The van der Waals surface area contributed by atoms with E-state index in [-0.39, 0.29) is 16.6 Å². The van der Waals surface area contributed by atoms with Crippen molar-refractivity contribution in [2.45, 2.75) is 36.6 Å². The lowest BCUT2D eigenvalue weighted by atomic mass is 10.1. The first kappa shape index (κ1) is 15.5. The first-order valence-corrected chi connectivity index (χ1v) is 7.02. The molecule has 1 aromatic rings. The molecule has 1 unspecified atom stereocenters. The van der Waals surface area contributed by atoms with Gasteiger partial charge in [0.05, 0.1) is 16.4 Å². The maximum absolute atomic E-state index is 12.9. The summed E-state index contributed by atoms with van der Waals surface area (Å²) in [5.74, 6) is -0.428. The van der Waals surface area contributed by atoms with Crippen LogP contribution >= 0.6 is 11.8 Å². The molecule has 20 heavy (non-hydrogen) atoms. The highest BCUT2D eigenvalue weighted by atomic mass is 32.2. The fourth-order valence-electron chi connectivity index (χ4n) is 1.98. The molecule has 0 saturated carbocycles. The minimum atomic E-state index is -4.57. The summed E-state index contributed by atoms with van der Waals surface area (Å²) in [6, 6.07) is 0. The zero-order chi connectivity index (χ0) is 15.1. The third-order valence-electron chi connectivity index (χ3n) is 3.19. The average molecular weight is 311 g/mol. The zero-order valence-electron chi connectivity index (χ0n) is 11.3. The van der Waals surface area contributed by atoms with Crippen LogP contribution in [0.5, 0.6) is 5.88 Å². The van der Waals surface area contributed by atoms with Gasteiger partial charge in [0.15, 0.2) is 5.69 Å². The van der Waals surface area contributed by atoms with Crippen LogP contribution in [0.4, 0.5) is 13.2 Å². The lowest BCUT2D eigenvalue weighted by Gasteiger charge is -2.23. The predicted octanol–water partition coefficient (Wildman–Crippen LogP) is 2.06. The van der Waals surface area contributed by atoms with Gasteiger partial charge in [-0.05, 0) is 13.8 Å². The van der Waals surface area contributed by atoms with Crippen molar-refractivity contribution in [3.8, 4) is 5.88 Å². The molecule has 5 nitrogen and oxygen atoms in total. The molecule has 0 aromatic carbocycles. The molecule has 0 aliphatic carbocycles. The van der Waals surface area contributed by atoms with E-state index in [2.05, 4.69) is 10.6 Å². The molecule has 0 radical (unpaired) electrons. The minimum Gasteiger partial charge on any atom is -0.493 e. The van der Waals surface area contributed by atoms with Gasteiger partial charge in [-0.2, -0.15) is 18.3 Å². The van der Waals surface area contributed by atoms with Crippen molar-refractivity contribution >= 4 is 11.8 Å². The van der Waals surface area contributed by atoms with Gasteiger partial charge in [0, 0.05) is 19.3 Å². The summed E-state index contributed by atoms with van der Waals surface area (Å²) in [5.41, 5.74) is 1.05. The summed E-state index contributed by atoms with van der Waals surface area (Å²) < 4.78 is 39.4. The van der Waals surface area contributed by atoms with Gasteiger partial charge in [0.1, 0.15) is 0 Å². The van der Waals surface area contributed by atoms with Crippen LogP contribution in [0.15, 0.2) is 0 Å². The lowest BCUT2D eigenvalue weighted by Crippen LogP contribution is -2.31. The van der Waals surface area contributed by atoms with Gasteiger partial charge in [0.25, 0.3) is 0 Å². The second-order valence-corrected chi connectivity index (χ2v) is 6.32. The number of halogens is 3. The van der Waals surface area contributed by atoms with Crippen LogP contribution in [0.3, 0.4) is 0 Å². The Labute approximate surface area is 118 Å². The average Bonchev–Trinajstić information content (AvgIpc) is 2.78. The van der Waals surface area contributed by atoms with Gasteiger partial charge in [-0.1, -0.05) is 0 Å². The maximum Gasteiger partial charge on any atom is 0.435 e. The van der Waals surface area contributed by atoms with Crippen LogP contribution in [0.1, 0.15) is 25.1 Å². The third kappa shape index (κ3) is 2.89. The number of aryl methyl sites for hydroxylation is 1. The Balaban J connectivity index is 2.17. The van der Waals surface area contributed by atoms with Gasteiger partial charge < -0.3 is 5.11 Å². The number of aromatic nitrogens is 2. The van der Waals surface area contributed by atoms with Crippen LogP contribution < -0.4 is 5.48 Å². The molecule has 2 heterocycles. The molecule has 0 spiro atoms. The summed E-state index contributed by atoms with van der Waals surface area (Å²) in [7, 11) is 1.28. The molecule has 1 saturated heterocycles. The lowest BCUT2D eigenvalue weighted by molar-refractivity contribution is -0.141. The first-order valence-electron chi connectivity index (χ1n) is 5.97. The molecule has 2 N–H and O–H groups in total. The van der Waals surface area contributed by atoms with Gasteiger partial charge in [-0.3, -0.25) is 4.84 Å². The molecule has 1 fully saturated rings. The van der Waals surface area contributed by atoms with E-state index in [4.69, 9.17) is 4.84 Å². The van der Waals surface area contributed by atoms with Crippen molar-refractivity contribution in [3.05, 3.63) is 11.3 Å². The van der Waals surface area contributed by atoms with E-state index < -0.39 is 23.4 Å². The second kappa shape index (κ2) is 5.12. The van der Waals surface area contributed by atoms with Crippen LogP contribution in [0.25, 0.3) is 0 Å². The van der Waals surface area contributed by atoms with Crippen LogP contribution in [-0.4, -0.2) is 32.3 Å². The largest absolute Gasteiger partial charge is 0.493 e. The molecule has 1 aromatic heterocycles. The summed E-state index contributed by atoms with van der Waals surface area (Å²) in [6.45, 7) is 4.26. The Bertz CT molecular complexity index is 502. The quantitative estimate of drug-likeness (QED) is 0.895. The number of hydrogen-bond acceptors (Lipinski definition) is 5. The van der Waals surface area contributed by atoms with Crippen LogP contribution in [0, 0.1) is 0 Å². The topological polar surface area (TPSA) is 59.3 Å². The van der Waals surface area contributed by atoms with E-state index in [0.29, 0.717) is 6.54 Å². The standard InChI is InChI=1S/C11H16F3N3O2S/c1-10(2)7(4-15-19-10)20-5-6-8(11(12,13)14)16-17(3)9(6)18/h7,15,18H,4-5H2,1-3H3. The van der Waals surface area contributed by atoms with E-state index >= 15 is 0 Å². The van der Waals surface area contributed by atoms with Gasteiger partial charge in [0.2, 0.25) is 5.88 Å². The molecular weight excluding hydrogens is 295 g/mol. The maximum atomic E-state index is 12.9. The Morgan fingerprint density at radius 2 is 2.20 bits per heavy atom. The van der Waals surface area contributed by atoms with E-state index in [9.17, 15) is 18.3 Å². The number of hydrogen-bond donors (Lipinski definition) is 2. The number of thioether (sulfide) groups is 1.